The van der Waals surface area contributed by atoms with E-state index in [9.17, 15) is 13.2 Å². The van der Waals surface area contributed by atoms with E-state index < -0.39 is 20.6 Å². The Morgan fingerprint density at radius 1 is 1.03 bits per heavy atom. The lowest BCUT2D eigenvalue weighted by Crippen LogP contribution is -2.55. The number of hydrogen-bond acceptors (Lipinski definition) is 7. The topological polar surface area (TPSA) is 98.9 Å². The van der Waals surface area contributed by atoms with Crippen LogP contribution in [-0.4, -0.2) is 43.7 Å². The van der Waals surface area contributed by atoms with Gasteiger partial charge < -0.3 is 9.57 Å². The molecule has 1 fully saturated rings. The summed E-state index contributed by atoms with van der Waals surface area (Å²) in [4.78, 5) is 19.4. The first-order chi connectivity index (χ1) is 15.9. The molecule has 0 radical (unpaired) electrons. The number of carbonyl (C=O) groups is 1. The van der Waals surface area contributed by atoms with E-state index in [0.29, 0.717) is 37.9 Å². The molecule has 0 aromatic heterocycles. The van der Waals surface area contributed by atoms with Crippen molar-refractivity contribution in [2.24, 2.45) is 11.8 Å². The Morgan fingerprint density at radius 3 is 2.18 bits per heavy atom. The summed E-state index contributed by atoms with van der Waals surface area (Å²) >= 11 is 0. The van der Waals surface area contributed by atoms with E-state index in [1.165, 1.54) is 12.1 Å². The predicted molar refractivity (Wildman–Crippen MR) is 127 cm³/mol. The van der Waals surface area contributed by atoms with Crippen molar-refractivity contribution >= 4 is 15.8 Å². The van der Waals surface area contributed by atoms with Gasteiger partial charge in [0, 0.05) is 19.6 Å². The summed E-state index contributed by atoms with van der Waals surface area (Å²) in [5, 5.41) is 0. The van der Waals surface area contributed by atoms with Gasteiger partial charge in [-0.3, -0.25) is 4.90 Å². The standard InChI is InChI=1S/C25H34N2O5S/c1-3-20(4-2)19-31-22-10-12-23(13-11-22)33(29,30)25(24(28)32-26)14-16-27(17-15-25)18-21-8-6-5-7-9-21/h5-13,20H,3-4,14-19,26H2,1-2H3. The van der Waals surface area contributed by atoms with E-state index >= 15 is 0 Å². The highest BCUT2D eigenvalue weighted by Gasteiger charge is 2.54. The summed E-state index contributed by atoms with van der Waals surface area (Å²) in [5.74, 6) is 5.35. The SMILES string of the molecule is CCC(CC)COc1ccc(S(=O)(=O)C2(C(=O)ON)CCN(Cc3ccccc3)CC2)cc1. The van der Waals surface area contributed by atoms with E-state index in [2.05, 4.69) is 23.6 Å². The van der Waals surface area contributed by atoms with Crippen molar-refractivity contribution in [1.82, 2.24) is 4.90 Å². The van der Waals surface area contributed by atoms with Gasteiger partial charge in [-0.1, -0.05) is 57.0 Å². The summed E-state index contributed by atoms with van der Waals surface area (Å²) in [6.45, 7) is 6.40. The lowest BCUT2D eigenvalue weighted by molar-refractivity contribution is -0.148. The summed E-state index contributed by atoms with van der Waals surface area (Å²) in [6.07, 6.45) is 2.28. The third-order valence-electron chi connectivity index (χ3n) is 6.68. The Kier molecular flexibility index (Phi) is 8.51. The van der Waals surface area contributed by atoms with Gasteiger partial charge in [0.2, 0.25) is 0 Å². The lowest BCUT2D eigenvalue weighted by atomic mass is 9.95. The van der Waals surface area contributed by atoms with Crippen LogP contribution in [0.2, 0.25) is 0 Å². The van der Waals surface area contributed by atoms with Crippen LogP contribution in [0.4, 0.5) is 0 Å². The van der Waals surface area contributed by atoms with Crippen LogP contribution in [0, 0.1) is 5.92 Å². The van der Waals surface area contributed by atoms with Crippen LogP contribution in [0.1, 0.15) is 45.1 Å². The zero-order chi connectivity index (χ0) is 23.9. The highest BCUT2D eigenvalue weighted by molar-refractivity contribution is 7.93. The van der Waals surface area contributed by atoms with Crippen LogP contribution in [0.5, 0.6) is 5.75 Å². The Labute approximate surface area is 196 Å². The van der Waals surface area contributed by atoms with Crippen LogP contribution in [-0.2, 0) is 26.0 Å². The molecule has 2 aromatic rings. The Hall–Kier alpha value is -2.42. The van der Waals surface area contributed by atoms with E-state index in [-0.39, 0.29) is 17.7 Å². The molecule has 0 saturated carbocycles. The second-order valence-corrected chi connectivity index (χ2v) is 10.9. The van der Waals surface area contributed by atoms with Gasteiger partial charge in [-0.05, 0) is 48.6 Å². The molecular formula is C25H34N2O5S. The fraction of sp³-hybridized carbons (Fsp3) is 0.480. The number of sulfone groups is 1. The Bertz CT molecular complexity index is 997. The second-order valence-electron chi connectivity index (χ2n) is 8.63. The van der Waals surface area contributed by atoms with Gasteiger partial charge in [-0.25, -0.2) is 13.2 Å². The number of ether oxygens (including phenoxy) is 1. The summed E-state index contributed by atoms with van der Waals surface area (Å²) in [5.41, 5.74) is 1.14. The van der Waals surface area contributed by atoms with Crippen LogP contribution < -0.4 is 10.6 Å². The molecule has 8 heteroatoms. The fourth-order valence-corrected chi connectivity index (χ4v) is 6.22. The van der Waals surface area contributed by atoms with E-state index in [1.54, 1.807) is 12.1 Å². The maximum atomic E-state index is 13.6. The van der Waals surface area contributed by atoms with E-state index in [4.69, 9.17) is 10.6 Å². The monoisotopic (exact) mass is 474 g/mol. The molecule has 1 saturated heterocycles. The van der Waals surface area contributed by atoms with Gasteiger partial charge in [0.1, 0.15) is 5.75 Å². The molecule has 1 heterocycles. The van der Waals surface area contributed by atoms with E-state index in [1.807, 2.05) is 30.3 Å². The van der Waals surface area contributed by atoms with E-state index in [0.717, 1.165) is 18.4 Å². The minimum Gasteiger partial charge on any atom is -0.493 e. The van der Waals surface area contributed by atoms with Crippen molar-refractivity contribution < 1.29 is 22.8 Å². The minimum atomic E-state index is -4.03. The van der Waals surface area contributed by atoms with Gasteiger partial charge in [0.15, 0.2) is 14.6 Å². The number of nitrogens with two attached hydrogens (primary N) is 1. The predicted octanol–water partition coefficient (Wildman–Crippen LogP) is 3.73. The first kappa shape index (κ1) is 25.2. The molecule has 3 rings (SSSR count). The molecule has 0 atom stereocenters. The Balaban J connectivity index is 1.76. The first-order valence-corrected chi connectivity index (χ1v) is 13.0. The molecule has 2 N–H and O–H groups in total. The first-order valence-electron chi connectivity index (χ1n) is 11.5. The average molecular weight is 475 g/mol. The van der Waals surface area contributed by atoms with Crippen LogP contribution in [0.3, 0.4) is 0 Å². The molecule has 0 unspecified atom stereocenters. The summed E-state index contributed by atoms with van der Waals surface area (Å²) < 4.78 is 31.4. The minimum absolute atomic E-state index is 0.0688. The van der Waals surface area contributed by atoms with Crippen LogP contribution in [0.15, 0.2) is 59.5 Å². The van der Waals surface area contributed by atoms with Crippen LogP contribution >= 0.6 is 0 Å². The quantitative estimate of drug-likeness (QED) is 0.524. The number of piperidine rings is 1. The number of hydrogen-bond donors (Lipinski definition) is 1. The molecule has 7 nitrogen and oxygen atoms in total. The molecule has 1 aliphatic rings. The van der Waals surface area contributed by atoms with Crippen molar-refractivity contribution in [1.29, 1.82) is 0 Å². The molecule has 1 aliphatic heterocycles. The number of rotatable bonds is 10. The number of nitrogens with zero attached hydrogens (tertiary/aromatic N) is 1. The zero-order valence-corrected chi connectivity index (χ0v) is 20.2. The maximum Gasteiger partial charge on any atom is 0.346 e. The number of benzene rings is 2. The highest BCUT2D eigenvalue weighted by atomic mass is 32.2. The third-order valence-corrected chi connectivity index (χ3v) is 9.18. The van der Waals surface area contributed by atoms with Gasteiger partial charge in [-0.15, -0.1) is 0 Å². The van der Waals surface area contributed by atoms with Gasteiger partial charge in [-0.2, -0.15) is 5.90 Å². The summed E-state index contributed by atoms with van der Waals surface area (Å²) in [7, 11) is -4.03. The molecule has 33 heavy (non-hydrogen) atoms. The molecule has 2 aromatic carbocycles. The van der Waals surface area contributed by atoms with Crippen molar-refractivity contribution in [2.45, 2.75) is 55.7 Å². The molecule has 0 amide bonds. The van der Waals surface area contributed by atoms with Gasteiger partial charge in [0.25, 0.3) is 0 Å². The summed E-state index contributed by atoms with van der Waals surface area (Å²) in [6, 6.07) is 16.2. The van der Waals surface area contributed by atoms with Gasteiger partial charge in [0.05, 0.1) is 11.5 Å². The largest absolute Gasteiger partial charge is 0.493 e. The Morgan fingerprint density at radius 2 is 1.64 bits per heavy atom. The molecule has 180 valence electrons. The van der Waals surface area contributed by atoms with Crippen molar-refractivity contribution in [3.05, 3.63) is 60.2 Å². The maximum absolute atomic E-state index is 13.6. The lowest BCUT2D eigenvalue weighted by Gasteiger charge is -2.38. The number of likely N-dealkylation sites (tertiary alicyclic amines) is 1. The normalized spacial score (nSPS) is 16.5. The molecule has 0 aliphatic carbocycles. The van der Waals surface area contributed by atoms with Crippen molar-refractivity contribution in [2.75, 3.05) is 19.7 Å². The van der Waals surface area contributed by atoms with Crippen LogP contribution in [0.25, 0.3) is 0 Å². The smallest absolute Gasteiger partial charge is 0.346 e. The average Bonchev–Trinajstić information content (AvgIpc) is 2.85. The second kappa shape index (κ2) is 11.1. The third kappa shape index (κ3) is 5.57. The zero-order valence-electron chi connectivity index (χ0n) is 19.4. The van der Waals surface area contributed by atoms with Crippen molar-refractivity contribution in [3.8, 4) is 5.75 Å². The van der Waals surface area contributed by atoms with Gasteiger partial charge >= 0.3 is 5.97 Å². The molecular weight excluding hydrogens is 440 g/mol. The number of carbonyl (C=O) groups excluding carboxylic acids is 1. The molecule has 0 bridgehead atoms. The highest BCUT2D eigenvalue weighted by Crippen LogP contribution is 2.37. The fourth-order valence-electron chi connectivity index (χ4n) is 4.28. The van der Waals surface area contributed by atoms with Crippen molar-refractivity contribution in [3.63, 3.8) is 0 Å². The molecule has 0 spiro atoms.